The molecule has 1 N–H and O–H groups in total. The third-order valence-corrected chi connectivity index (χ3v) is 5.65. The molecule has 0 bridgehead atoms. The quantitative estimate of drug-likeness (QED) is 0.858. The van der Waals surface area contributed by atoms with Gasteiger partial charge in [0.15, 0.2) is 0 Å². The van der Waals surface area contributed by atoms with Crippen molar-refractivity contribution in [3.8, 4) is 0 Å². The van der Waals surface area contributed by atoms with Crippen LogP contribution >= 0.6 is 0 Å². The molecule has 1 spiro atoms. The van der Waals surface area contributed by atoms with Gasteiger partial charge >= 0.3 is 12.1 Å². The molecule has 0 saturated carbocycles. The van der Waals surface area contributed by atoms with Crippen LogP contribution in [0.3, 0.4) is 0 Å². The Morgan fingerprint density at radius 2 is 1.92 bits per heavy atom. The minimum atomic E-state index is -0.745. The smallest absolute Gasteiger partial charge is 0.410 e. The number of likely N-dealkylation sites (tertiary alicyclic amines) is 1. The molecule has 1 heterocycles. The first-order valence-corrected chi connectivity index (χ1v) is 9.40. The van der Waals surface area contributed by atoms with Gasteiger partial charge in [-0.1, -0.05) is 23.8 Å². The standard InChI is InChI=1S/C21H29NO4/c1-14-5-6-17-16(11-14)15(12-18(23)24)13-21(17)7-9-22(10-8-21)19(25)26-20(2,3)4/h5-6,11,15H,7-10,12-13H2,1-4H3,(H,23,24). The van der Waals surface area contributed by atoms with Crippen molar-refractivity contribution in [2.45, 2.75) is 70.3 Å². The van der Waals surface area contributed by atoms with Crippen molar-refractivity contribution in [2.24, 2.45) is 0 Å². The predicted molar refractivity (Wildman–Crippen MR) is 99.5 cm³/mol. The second-order valence-corrected chi connectivity index (χ2v) is 8.84. The van der Waals surface area contributed by atoms with E-state index in [0.29, 0.717) is 13.1 Å². The number of aryl methyl sites for hydroxylation is 1. The first-order valence-electron chi connectivity index (χ1n) is 9.40. The Balaban J connectivity index is 1.78. The topological polar surface area (TPSA) is 66.8 Å². The Morgan fingerprint density at radius 3 is 2.50 bits per heavy atom. The summed E-state index contributed by atoms with van der Waals surface area (Å²) in [5.41, 5.74) is 3.15. The monoisotopic (exact) mass is 359 g/mol. The lowest BCUT2D eigenvalue weighted by molar-refractivity contribution is -0.137. The first kappa shape index (κ1) is 18.7. The minimum Gasteiger partial charge on any atom is -0.481 e. The molecule has 5 heteroatoms. The number of ether oxygens (including phenoxy) is 1. The van der Waals surface area contributed by atoms with Crippen molar-refractivity contribution in [3.63, 3.8) is 0 Å². The number of carbonyl (C=O) groups is 2. The number of hydrogen-bond donors (Lipinski definition) is 1. The van der Waals surface area contributed by atoms with Crippen LogP contribution in [-0.4, -0.2) is 40.8 Å². The molecular formula is C21H29NO4. The Labute approximate surface area is 155 Å². The van der Waals surface area contributed by atoms with Gasteiger partial charge in [0.25, 0.3) is 0 Å². The summed E-state index contributed by atoms with van der Waals surface area (Å²) in [6.07, 6.45) is 2.50. The van der Waals surface area contributed by atoms with E-state index in [9.17, 15) is 14.7 Å². The lowest BCUT2D eigenvalue weighted by atomic mass is 9.73. The number of rotatable bonds is 2. The fourth-order valence-electron chi connectivity index (χ4n) is 4.50. The van der Waals surface area contributed by atoms with Gasteiger partial charge < -0.3 is 14.7 Å². The Bertz CT molecular complexity index is 711. The zero-order valence-corrected chi connectivity index (χ0v) is 16.2. The van der Waals surface area contributed by atoms with Gasteiger partial charge in [0, 0.05) is 13.1 Å². The molecule has 142 valence electrons. The number of carbonyl (C=O) groups excluding carboxylic acids is 1. The van der Waals surface area contributed by atoms with E-state index in [0.717, 1.165) is 19.3 Å². The maximum absolute atomic E-state index is 12.3. The minimum absolute atomic E-state index is 0.0122. The molecule has 1 aromatic carbocycles. The molecule has 26 heavy (non-hydrogen) atoms. The molecule has 1 aliphatic heterocycles. The van der Waals surface area contributed by atoms with Gasteiger partial charge in [-0.05, 0) is 69.4 Å². The number of benzene rings is 1. The van der Waals surface area contributed by atoms with Crippen LogP contribution in [0.2, 0.25) is 0 Å². The summed E-state index contributed by atoms with van der Waals surface area (Å²) < 4.78 is 5.50. The highest BCUT2D eigenvalue weighted by molar-refractivity contribution is 5.69. The van der Waals surface area contributed by atoms with Crippen molar-refractivity contribution in [2.75, 3.05) is 13.1 Å². The van der Waals surface area contributed by atoms with Crippen LogP contribution in [0.25, 0.3) is 0 Å². The van der Waals surface area contributed by atoms with E-state index in [4.69, 9.17) is 4.74 Å². The molecule has 1 unspecified atom stereocenters. The summed E-state index contributed by atoms with van der Waals surface area (Å²) in [6, 6.07) is 6.44. The second kappa shape index (κ2) is 6.60. The summed E-state index contributed by atoms with van der Waals surface area (Å²) >= 11 is 0. The van der Waals surface area contributed by atoms with Gasteiger partial charge in [-0.25, -0.2) is 4.79 Å². The van der Waals surface area contributed by atoms with Crippen LogP contribution in [0.1, 0.15) is 69.1 Å². The third-order valence-electron chi connectivity index (χ3n) is 5.65. The van der Waals surface area contributed by atoms with E-state index in [2.05, 4.69) is 18.2 Å². The van der Waals surface area contributed by atoms with Gasteiger partial charge in [0.05, 0.1) is 6.42 Å². The molecule has 0 radical (unpaired) electrons. The second-order valence-electron chi connectivity index (χ2n) is 8.84. The molecule has 1 atom stereocenters. The molecule has 3 rings (SSSR count). The highest BCUT2D eigenvalue weighted by Gasteiger charge is 2.46. The molecule has 1 aromatic rings. The summed E-state index contributed by atoms with van der Waals surface area (Å²) in [6.45, 7) is 8.99. The average Bonchev–Trinajstić information content (AvgIpc) is 2.78. The maximum Gasteiger partial charge on any atom is 0.410 e. The summed E-state index contributed by atoms with van der Waals surface area (Å²) in [5.74, 6) is -0.679. The molecule has 1 amide bonds. The van der Waals surface area contributed by atoms with E-state index in [1.54, 1.807) is 4.90 Å². The molecular weight excluding hydrogens is 330 g/mol. The summed E-state index contributed by atoms with van der Waals surface area (Å²) in [5, 5.41) is 9.31. The van der Waals surface area contributed by atoms with Crippen LogP contribution in [0.5, 0.6) is 0 Å². The molecule has 1 fully saturated rings. The summed E-state index contributed by atoms with van der Waals surface area (Å²) in [4.78, 5) is 25.5. The lowest BCUT2D eigenvalue weighted by Gasteiger charge is -2.40. The highest BCUT2D eigenvalue weighted by atomic mass is 16.6. The van der Waals surface area contributed by atoms with Crippen LogP contribution in [0.4, 0.5) is 4.79 Å². The Morgan fingerprint density at radius 1 is 1.27 bits per heavy atom. The fraction of sp³-hybridized carbons (Fsp3) is 0.619. The van der Waals surface area contributed by atoms with Crippen LogP contribution in [0.15, 0.2) is 18.2 Å². The van der Waals surface area contributed by atoms with Crippen LogP contribution in [0, 0.1) is 6.92 Å². The zero-order chi connectivity index (χ0) is 19.1. The number of carboxylic acids is 1. The van der Waals surface area contributed by atoms with Crippen molar-refractivity contribution < 1.29 is 19.4 Å². The van der Waals surface area contributed by atoms with Crippen molar-refractivity contribution >= 4 is 12.1 Å². The van der Waals surface area contributed by atoms with E-state index in [1.807, 2.05) is 27.7 Å². The fourth-order valence-corrected chi connectivity index (χ4v) is 4.50. The number of fused-ring (bicyclic) bond motifs is 2. The van der Waals surface area contributed by atoms with Crippen LogP contribution < -0.4 is 0 Å². The van der Waals surface area contributed by atoms with E-state index in [1.165, 1.54) is 16.7 Å². The zero-order valence-electron chi connectivity index (χ0n) is 16.2. The first-order chi connectivity index (χ1) is 12.1. The van der Waals surface area contributed by atoms with Gasteiger partial charge in [0.1, 0.15) is 5.60 Å². The lowest BCUT2D eigenvalue weighted by Crippen LogP contribution is -2.46. The number of aliphatic carboxylic acids is 1. The molecule has 5 nitrogen and oxygen atoms in total. The predicted octanol–water partition coefficient (Wildman–Crippen LogP) is 4.23. The number of amides is 1. The Kier molecular flexibility index (Phi) is 4.76. The maximum atomic E-state index is 12.3. The van der Waals surface area contributed by atoms with Gasteiger partial charge in [-0.15, -0.1) is 0 Å². The van der Waals surface area contributed by atoms with Gasteiger partial charge in [-0.2, -0.15) is 0 Å². The third kappa shape index (κ3) is 3.71. The normalized spacial score (nSPS) is 21.5. The number of carboxylic acid groups (broad SMARTS) is 1. The SMILES string of the molecule is Cc1ccc2c(c1)C(CC(=O)O)CC21CCN(C(=O)OC(C)(C)C)CC1. The van der Waals surface area contributed by atoms with Gasteiger partial charge in [0.2, 0.25) is 0 Å². The number of nitrogens with zero attached hydrogens (tertiary/aromatic N) is 1. The molecule has 2 aliphatic rings. The van der Waals surface area contributed by atoms with E-state index >= 15 is 0 Å². The largest absolute Gasteiger partial charge is 0.481 e. The van der Waals surface area contributed by atoms with E-state index < -0.39 is 11.6 Å². The number of piperidine rings is 1. The van der Waals surface area contributed by atoms with Crippen molar-refractivity contribution in [1.82, 2.24) is 4.90 Å². The summed E-state index contributed by atoms with van der Waals surface area (Å²) in [7, 11) is 0. The van der Waals surface area contributed by atoms with Gasteiger partial charge in [-0.3, -0.25) is 4.79 Å². The average molecular weight is 359 g/mol. The van der Waals surface area contributed by atoms with Crippen molar-refractivity contribution in [1.29, 1.82) is 0 Å². The van der Waals surface area contributed by atoms with E-state index in [-0.39, 0.29) is 23.8 Å². The molecule has 0 aromatic heterocycles. The molecule has 1 aliphatic carbocycles. The highest BCUT2D eigenvalue weighted by Crippen LogP contribution is 2.53. The molecule has 1 saturated heterocycles. The Hall–Kier alpha value is -2.04. The number of hydrogen-bond acceptors (Lipinski definition) is 3. The van der Waals surface area contributed by atoms with Crippen molar-refractivity contribution in [3.05, 3.63) is 34.9 Å². The van der Waals surface area contributed by atoms with Crippen LogP contribution in [-0.2, 0) is 14.9 Å².